The van der Waals surface area contributed by atoms with E-state index < -0.39 is 0 Å². The summed E-state index contributed by atoms with van der Waals surface area (Å²) in [6, 6.07) is 2.16. The van der Waals surface area contributed by atoms with Crippen molar-refractivity contribution in [2.75, 3.05) is 14.1 Å². The summed E-state index contributed by atoms with van der Waals surface area (Å²) >= 11 is 5.24. The highest BCUT2D eigenvalue weighted by atomic mass is 79.9. The van der Waals surface area contributed by atoms with Gasteiger partial charge in [0.2, 0.25) is 0 Å². The van der Waals surface area contributed by atoms with E-state index in [9.17, 15) is 0 Å². The minimum Gasteiger partial charge on any atom is -0.326 e. The third kappa shape index (κ3) is 2.55. The van der Waals surface area contributed by atoms with Gasteiger partial charge in [-0.05, 0) is 41.7 Å². The molecule has 1 aromatic rings. The van der Waals surface area contributed by atoms with Gasteiger partial charge in [-0.15, -0.1) is 11.3 Å². The zero-order valence-corrected chi connectivity index (χ0v) is 9.70. The van der Waals surface area contributed by atoms with Gasteiger partial charge in [-0.1, -0.05) is 0 Å². The van der Waals surface area contributed by atoms with Gasteiger partial charge in [0.25, 0.3) is 0 Å². The summed E-state index contributed by atoms with van der Waals surface area (Å²) in [5, 5.41) is 0. The van der Waals surface area contributed by atoms with Gasteiger partial charge in [-0.3, -0.25) is 0 Å². The lowest BCUT2D eigenvalue weighted by atomic mass is 10.3. The van der Waals surface area contributed by atoms with Crippen molar-refractivity contribution in [3.8, 4) is 0 Å². The molecular formula is C8H13BrN2S. The Morgan fingerprint density at radius 3 is 2.67 bits per heavy atom. The topological polar surface area (TPSA) is 29.3 Å². The molecule has 0 atom stereocenters. The van der Waals surface area contributed by atoms with Gasteiger partial charge in [0.05, 0.1) is 3.79 Å². The van der Waals surface area contributed by atoms with Crippen LogP contribution in [0.25, 0.3) is 0 Å². The van der Waals surface area contributed by atoms with Gasteiger partial charge in [0.1, 0.15) is 0 Å². The number of rotatable bonds is 3. The Balaban J connectivity index is 2.77. The molecule has 0 aromatic carbocycles. The summed E-state index contributed by atoms with van der Waals surface area (Å²) in [6.07, 6.45) is 0. The lowest BCUT2D eigenvalue weighted by Gasteiger charge is -2.07. The highest BCUT2D eigenvalue weighted by molar-refractivity contribution is 9.11. The zero-order chi connectivity index (χ0) is 9.14. The first-order valence-electron chi connectivity index (χ1n) is 3.75. The van der Waals surface area contributed by atoms with Crippen LogP contribution in [0.4, 0.5) is 0 Å². The second-order valence-corrected chi connectivity index (χ2v) is 5.41. The molecular weight excluding hydrogens is 236 g/mol. The lowest BCUT2D eigenvalue weighted by molar-refractivity contribution is 0.402. The van der Waals surface area contributed by atoms with E-state index in [0.717, 1.165) is 6.54 Å². The van der Waals surface area contributed by atoms with Crippen LogP contribution in [-0.2, 0) is 13.1 Å². The number of nitrogens with zero attached hydrogens (tertiary/aromatic N) is 1. The van der Waals surface area contributed by atoms with Crippen molar-refractivity contribution >= 4 is 27.3 Å². The van der Waals surface area contributed by atoms with E-state index in [1.807, 2.05) is 0 Å². The maximum atomic E-state index is 5.54. The van der Waals surface area contributed by atoms with E-state index in [-0.39, 0.29) is 0 Å². The van der Waals surface area contributed by atoms with E-state index in [1.54, 1.807) is 11.3 Å². The molecule has 0 spiro atoms. The van der Waals surface area contributed by atoms with E-state index in [1.165, 1.54) is 14.2 Å². The Bertz CT molecular complexity index is 258. The van der Waals surface area contributed by atoms with Crippen molar-refractivity contribution in [3.05, 3.63) is 20.3 Å². The van der Waals surface area contributed by atoms with Gasteiger partial charge in [0.15, 0.2) is 0 Å². The molecule has 0 unspecified atom stereocenters. The molecule has 1 aromatic heterocycles. The Labute approximate surface area is 85.5 Å². The molecule has 0 saturated heterocycles. The van der Waals surface area contributed by atoms with E-state index in [0.29, 0.717) is 6.54 Å². The van der Waals surface area contributed by atoms with Gasteiger partial charge in [-0.2, -0.15) is 0 Å². The average molecular weight is 249 g/mol. The second-order valence-electron chi connectivity index (χ2n) is 2.95. The highest BCUT2D eigenvalue weighted by Gasteiger charge is 2.05. The SMILES string of the molecule is CN(C)Cc1cc(CN)sc1Br. The lowest BCUT2D eigenvalue weighted by Crippen LogP contribution is -2.10. The average Bonchev–Trinajstić information content (AvgIpc) is 2.31. The molecule has 1 heterocycles. The van der Waals surface area contributed by atoms with Crippen molar-refractivity contribution in [2.45, 2.75) is 13.1 Å². The summed E-state index contributed by atoms with van der Waals surface area (Å²) in [5.74, 6) is 0. The molecule has 0 aliphatic rings. The van der Waals surface area contributed by atoms with E-state index in [2.05, 4.69) is 41.0 Å². The van der Waals surface area contributed by atoms with Crippen molar-refractivity contribution in [1.82, 2.24) is 4.90 Å². The molecule has 0 fully saturated rings. The monoisotopic (exact) mass is 248 g/mol. The van der Waals surface area contributed by atoms with Gasteiger partial charge in [0, 0.05) is 18.0 Å². The first kappa shape index (κ1) is 10.2. The molecule has 0 bridgehead atoms. The standard InChI is InChI=1S/C8H13BrN2S/c1-11(2)5-6-3-7(4-10)12-8(6)9/h3H,4-5,10H2,1-2H3. The van der Waals surface area contributed by atoms with Crippen LogP contribution in [0.2, 0.25) is 0 Å². The van der Waals surface area contributed by atoms with Crippen LogP contribution in [0.3, 0.4) is 0 Å². The first-order valence-corrected chi connectivity index (χ1v) is 5.36. The largest absolute Gasteiger partial charge is 0.326 e. The van der Waals surface area contributed by atoms with Crippen LogP contribution < -0.4 is 5.73 Å². The van der Waals surface area contributed by atoms with Crippen LogP contribution in [0.15, 0.2) is 9.85 Å². The molecule has 2 N–H and O–H groups in total. The third-order valence-corrected chi connectivity index (χ3v) is 3.48. The van der Waals surface area contributed by atoms with Crippen molar-refractivity contribution < 1.29 is 0 Å². The highest BCUT2D eigenvalue weighted by Crippen LogP contribution is 2.28. The Morgan fingerprint density at radius 2 is 2.25 bits per heavy atom. The minimum atomic E-state index is 0.636. The number of nitrogens with two attached hydrogens (primary N) is 1. The summed E-state index contributed by atoms with van der Waals surface area (Å²) in [5.41, 5.74) is 6.86. The minimum absolute atomic E-state index is 0.636. The quantitative estimate of drug-likeness (QED) is 0.888. The molecule has 0 amide bonds. The predicted octanol–water partition coefficient (Wildman–Crippen LogP) is 2.03. The molecule has 68 valence electrons. The molecule has 0 saturated carbocycles. The summed E-state index contributed by atoms with van der Waals surface area (Å²) in [7, 11) is 4.12. The molecule has 2 nitrogen and oxygen atoms in total. The molecule has 1 rings (SSSR count). The summed E-state index contributed by atoms with van der Waals surface area (Å²) < 4.78 is 1.21. The maximum Gasteiger partial charge on any atom is 0.0746 e. The number of thiophene rings is 1. The molecule has 4 heteroatoms. The zero-order valence-electron chi connectivity index (χ0n) is 7.30. The Hall–Kier alpha value is 0.100. The smallest absolute Gasteiger partial charge is 0.0746 e. The second kappa shape index (κ2) is 4.37. The van der Waals surface area contributed by atoms with Crippen molar-refractivity contribution in [3.63, 3.8) is 0 Å². The molecule has 0 aliphatic heterocycles. The van der Waals surface area contributed by atoms with Gasteiger partial charge in [-0.25, -0.2) is 0 Å². The Morgan fingerprint density at radius 1 is 1.58 bits per heavy atom. The fourth-order valence-electron chi connectivity index (χ4n) is 1.01. The molecule has 12 heavy (non-hydrogen) atoms. The van der Waals surface area contributed by atoms with Crippen molar-refractivity contribution in [1.29, 1.82) is 0 Å². The van der Waals surface area contributed by atoms with Crippen LogP contribution in [0, 0.1) is 0 Å². The van der Waals surface area contributed by atoms with Crippen molar-refractivity contribution in [2.24, 2.45) is 5.73 Å². The van der Waals surface area contributed by atoms with Crippen LogP contribution in [0.1, 0.15) is 10.4 Å². The number of hydrogen-bond acceptors (Lipinski definition) is 3. The van der Waals surface area contributed by atoms with Gasteiger partial charge >= 0.3 is 0 Å². The number of halogens is 1. The summed E-state index contributed by atoms with van der Waals surface area (Å²) in [4.78, 5) is 3.38. The third-order valence-electron chi connectivity index (χ3n) is 1.50. The van der Waals surface area contributed by atoms with Crippen LogP contribution in [0.5, 0.6) is 0 Å². The molecule has 0 aliphatic carbocycles. The predicted molar refractivity (Wildman–Crippen MR) is 57.3 cm³/mol. The fraction of sp³-hybridized carbons (Fsp3) is 0.500. The van der Waals surface area contributed by atoms with Gasteiger partial charge < -0.3 is 10.6 Å². The summed E-state index contributed by atoms with van der Waals surface area (Å²) in [6.45, 7) is 1.60. The molecule has 0 radical (unpaired) electrons. The van der Waals surface area contributed by atoms with Crippen LogP contribution in [-0.4, -0.2) is 19.0 Å². The fourth-order valence-corrected chi connectivity index (χ4v) is 2.64. The van der Waals surface area contributed by atoms with E-state index in [4.69, 9.17) is 5.73 Å². The Kier molecular flexibility index (Phi) is 3.71. The van der Waals surface area contributed by atoms with E-state index >= 15 is 0 Å². The number of hydrogen-bond donors (Lipinski definition) is 1. The maximum absolute atomic E-state index is 5.54. The van der Waals surface area contributed by atoms with Crippen LogP contribution >= 0.6 is 27.3 Å². The normalized spacial score (nSPS) is 11.1. The first-order chi connectivity index (χ1) is 5.63.